The van der Waals surface area contributed by atoms with E-state index in [1.54, 1.807) is 12.0 Å². The van der Waals surface area contributed by atoms with E-state index in [0.717, 1.165) is 5.56 Å². The summed E-state index contributed by atoms with van der Waals surface area (Å²) in [4.78, 5) is 22.4. The van der Waals surface area contributed by atoms with Crippen LogP contribution < -0.4 is 19.7 Å². The van der Waals surface area contributed by atoms with Gasteiger partial charge >= 0.3 is 6.01 Å². The van der Waals surface area contributed by atoms with Gasteiger partial charge in [0.2, 0.25) is 5.91 Å². The van der Waals surface area contributed by atoms with Crippen LogP contribution >= 0.6 is 0 Å². The van der Waals surface area contributed by atoms with Crippen molar-refractivity contribution in [1.29, 1.82) is 0 Å². The summed E-state index contributed by atoms with van der Waals surface area (Å²) in [5, 5.41) is 2.83. The van der Waals surface area contributed by atoms with Crippen molar-refractivity contribution in [3.8, 4) is 11.8 Å². The predicted molar refractivity (Wildman–Crippen MR) is 88.2 cm³/mol. The topological polar surface area (TPSA) is 76.6 Å². The van der Waals surface area contributed by atoms with E-state index in [1.807, 2.05) is 38.4 Å². The highest BCUT2D eigenvalue weighted by Gasteiger charge is 2.14. The number of para-hydroxylation sites is 1. The maximum absolute atomic E-state index is 12.3. The molecular weight excluding hydrogens is 296 g/mol. The van der Waals surface area contributed by atoms with Gasteiger partial charge in [0.05, 0.1) is 26.8 Å². The lowest BCUT2D eigenvalue weighted by atomic mass is 10.1. The minimum absolute atomic E-state index is 0.175. The van der Waals surface area contributed by atoms with Crippen molar-refractivity contribution in [3.05, 3.63) is 36.0 Å². The van der Waals surface area contributed by atoms with Crippen molar-refractivity contribution >= 4 is 17.4 Å². The molecule has 0 fully saturated rings. The first-order valence-corrected chi connectivity index (χ1v) is 7.05. The molecule has 1 N–H and O–H groups in total. The quantitative estimate of drug-likeness (QED) is 0.875. The second-order valence-corrected chi connectivity index (χ2v) is 5.03. The van der Waals surface area contributed by atoms with Crippen molar-refractivity contribution in [2.45, 2.75) is 6.42 Å². The zero-order valence-electron chi connectivity index (χ0n) is 13.7. The fraction of sp³-hybridized carbons (Fsp3) is 0.312. The van der Waals surface area contributed by atoms with Gasteiger partial charge in [0.15, 0.2) is 5.82 Å². The molecule has 7 heteroatoms. The van der Waals surface area contributed by atoms with Gasteiger partial charge in [0, 0.05) is 19.7 Å². The van der Waals surface area contributed by atoms with Crippen LogP contribution in [0.2, 0.25) is 0 Å². The van der Waals surface area contributed by atoms with Crippen LogP contribution in [0.5, 0.6) is 11.8 Å². The van der Waals surface area contributed by atoms with E-state index in [-0.39, 0.29) is 18.3 Å². The van der Waals surface area contributed by atoms with Gasteiger partial charge in [0.25, 0.3) is 0 Å². The van der Waals surface area contributed by atoms with Crippen LogP contribution in [0.4, 0.5) is 11.5 Å². The molecule has 0 aliphatic carbocycles. The number of benzene rings is 1. The van der Waals surface area contributed by atoms with Gasteiger partial charge in [-0.2, -0.15) is 4.98 Å². The number of nitrogens with one attached hydrogen (secondary N) is 1. The van der Waals surface area contributed by atoms with Gasteiger partial charge in [-0.3, -0.25) is 4.79 Å². The Morgan fingerprint density at radius 3 is 2.61 bits per heavy atom. The zero-order chi connectivity index (χ0) is 16.8. The van der Waals surface area contributed by atoms with E-state index in [4.69, 9.17) is 9.47 Å². The lowest BCUT2D eigenvalue weighted by Crippen LogP contribution is -2.20. The number of hydrogen-bond donors (Lipinski definition) is 1. The number of anilines is 2. The van der Waals surface area contributed by atoms with E-state index >= 15 is 0 Å². The summed E-state index contributed by atoms with van der Waals surface area (Å²) in [5.41, 5.74) is 1.34. The number of aromatic nitrogens is 2. The molecule has 7 nitrogen and oxygen atoms in total. The van der Waals surface area contributed by atoms with Crippen molar-refractivity contribution in [3.63, 3.8) is 0 Å². The molecule has 23 heavy (non-hydrogen) atoms. The number of ether oxygens (including phenoxy) is 2. The lowest BCUT2D eigenvalue weighted by Gasteiger charge is -2.17. The third kappa shape index (κ3) is 4.09. The predicted octanol–water partition coefficient (Wildman–Crippen LogP) is 1.74. The first-order valence-electron chi connectivity index (χ1n) is 7.05. The number of carbonyl (C=O) groups excluding carboxylic acids is 1. The number of hydrogen-bond acceptors (Lipinski definition) is 6. The highest BCUT2D eigenvalue weighted by Crippen LogP contribution is 2.24. The Bertz CT molecular complexity index is 689. The first kappa shape index (κ1) is 16.5. The number of rotatable bonds is 6. The molecule has 0 radical (unpaired) electrons. The number of methoxy groups -OCH3 is 2. The third-order valence-electron chi connectivity index (χ3n) is 3.17. The number of nitrogens with zero attached hydrogens (tertiary/aromatic N) is 3. The summed E-state index contributed by atoms with van der Waals surface area (Å²) in [7, 11) is 6.74. The van der Waals surface area contributed by atoms with E-state index in [9.17, 15) is 4.79 Å². The van der Waals surface area contributed by atoms with Crippen LogP contribution in [0.1, 0.15) is 5.56 Å². The van der Waals surface area contributed by atoms with E-state index < -0.39 is 0 Å². The van der Waals surface area contributed by atoms with E-state index in [1.165, 1.54) is 13.3 Å². The second kappa shape index (κ2) is 7.44. The first-order chi connectivity index (χ1) is 11.0. The molecule has 122 valence electrons. The Kier molecular flexibility index (Phi) is 5.35. The molecule has 1 aromatic heterocycles. The number of carbonyl (C=O) groups is 1. The molecule has 1 amide bonds. The van der Waals surface area contributed by atoms with Crippen LogP contribution in [0.25, 0.3) is 0 Å². The fourth-order valence-electron chi connectivity index (χ4n) is 2.10. The minimum atomic E-state index is -0.175. The summed E-state index contributed by atoms with van der Waals surface area (Å²) < 4.78 is 10.3. The fourth-order valence-corrected chi connectivity index (χ4v) is 2.10. The standard InChI is InChI=1S/C16H20N4O3/c1-20(2)15-12(10-17-16(19-15)23-4)18-14(21)9-11-7-5-6-8-13(11)22-3/h5-8,10H,9H2,1-4H3,(H,18,21). The van der Waals surface area contributed by atoms with Crippen molar-refractivity contribution < 1.29 is 14.3 Å². The highest BCUT2D eigenvalue weighted by molar-refractivity contribution is 5.95. The molecule has 0 saturated carbocycles. The van der Waals surface area contributed by atoms with Crippen LogP contribution in [-0.4, -0.2) is 44.2 Å². The van der Waals surface area contributed by atoms with Gasteiger partial charge < -0.3 is 19.7 Å². The van der Waals surface area contributed by atoms with E-state index in [0.29, 0.717) is 17.3 Å². The lowest BCUT2D eigenvalue weighted by molar-refractivity contribution is -0.115. The maximum atomic E-state index is 12.3. The largest absolute Gasteiger partial charge is 0.496 e. The molecule has 0 bridgehead atoms. The Morgan fingerprint density at radius 2 is 1.96 bits per heavy atom. The van der Waals surface area contributed by atoms with Crippen LogP contribution in [0.3, 0.4) is 0 Å². The van der Waals surface area contributed by atoms with Crippen molar-refractivity contribution in [2.75, 3.05) is 38.5 Å². The molecule has 1 aromatic carbocycles. The molecule has 1 heterocycles. The average Bonchev–Trinajstić information content (AvgIpc) is 2.55. The van der Waals surface area contributed by atoms with Gasteiger partial charge in [0.1, 0.15) is 11.4 Å². The molecule has 0 spiro atoms. The van der Waals surface area contributed by atoms with Crippen molar-refractivity contribution in [1.82, 2.24) is 9.97 Å². The Labute approximate surface area is 135 Å². The number of amides is 1. The normalized spacial score (nSPS) is 10.1. The summed E-state index contributed by atoms with van der Waals surface area (Å²) in [6, 6.07) is 7.66. The third-order valence-corrected chi connectivity index (χ3v) is 3.17. The van der Waals surface area contributed by atoms with E-state index in [2.05, 4.69) is 15.3 Å². The Balaban J connectivity index is 2.17. The second-order valence-electron chi connectivity index (χ2n) is 5.03. The summed E-state index contributed by atoms with van der Waals surface area (Å²) in [6.07, 6.45) is 1.73. The molecule has 0 aliphatic rings. The highest BCUT2D eigenvalue weighted by atomic mass is 16.5. The van der Waals surface area contributed by atoms with Gasteiger partial charge in [-0.25, -0.2) is 4.98 Å². The van der Waals surface area contributed by atoms with Gasteiger partial charge in [-0.05, 0) is 6.07 Å². The monoisotopic (exact) mass is 316 g/mol. The van der Waals surface area contributed by atoms with Crippen LogP contribution in [-0.2, 0) is 11.2 Å². The molecule has 2 rings (SSSR count). The summed E-state index contributed by atoms with van der Waals surface area (Å²) in [6.45, 7) is 0. The molecular formula is C16H20N4O3. The zero-order valence-corrected chi connectivity index (χ0v) is 13.7. The van der Waals surface area contributed by atoms with Crippen LogP contribution in [0.15, 0.2) is 30.5 Å². The summed E-state index contributed by atoms with van der Waals surface area (Å²) in [5.74, 6) is 1.08. The maximum Gasteiger partial charge on any atom is 0.318 e. The SMILES string of the molecule is COc1ncc(NC(=O)Cc2ccccc2OC)c(N(C)C)n1. The smallest absolute Gasteiger partial charge is 0.318 e. The Morgan fingerprint density at radius 1 is 1.22 bits per heavy atom. The van der Waals surface area contributed by atoms with Gasteiger partial charge in [-0.1, -0.05) is 18.2 Å². The molecule has 0 saturated heterocycles. The summed E-state index contributed by atoms with van der Waals surface area (Å²) >= 11 is 0. The van der Waals surface area contributed by atoms with Gasteiger partial charge in [-0.15, -0.1) is 0 Å². The minimum Gasteiger partial charge on any atom is -0.496 e. The molecule has 0 aliphatic heterocycles. The molecule has 0 atom stereocenters. The van der Waals surface area contributed by atoms with Crippen molar-refractivity contribution in [2.24, 2.45) is 0 Å². The molecule has 0 unspecified atom stereocenters. The Hall–Kier alpha value is -2.83. The van der Waals surface area contributed by atoms with Crippen LogP contribution in [0, 0.1) is 0 Å². The molecule has 2 aromatic rings. The average molecular weight is 316 g/mol.